The molecule has 8 rings (SSSR count). The molecule has 0 radical (unpaired) electrons. The number of carbonyl (C=O) groups is 2. The molecule has 408 valence electrons. The molecule has 25 heteroatoms. The number of aliphatic hydroxyl groups excluding tert-OH is 10. The van der Waals surface area contributed by atoms with Gasteiger partial charge in [-0.1, -0.05) is 18.2 Å². The fraction of sp³-hybridized carbons (Fsp3) is 0.373. The maximum absolute atomic E-state index is 12.9. The van der Waals surface area contributed by atoms with Crippen molar-refractivity contribution in [3.8, 4) is 23.0 Å². The maximum atomic E-state index is 12.9. The Morgan fingerprint density at radius 2 is 1.09 bits per heavy atom. The van der Waals surface area contributed by atoms with Crippen LogP contribution in [-0.4, -0.2) is 201 Å². The lowest BCUT2D eigenvalue weighted by atomic mass is 9.96. The highest BCUT2D eigenvalue weighted by Gasteiger charge is 2.53. The Morgan fingerprint density at radius 3 is 1.71 bits per heavy atom. The second kappa shape index (κ2) is 23.9. The van der Waals surface area contributed by atoms with Crippen molar-refractivity contribution in [3.05, 3.63) is 137 Å². The molecule has 76 heavy (non-hydrogen) atoms. The molecule has 1 aliphatic carbocycles. The predicted octanol–water partition coefficient (Wildman–Crippen LogP) is -1.17. The number of rotatable bonds is 16. The van der Waals surface area contributed by atoms with E-state index >= 15 is 0 Å². The van der Waals surface area contributed by atoms with Gasteiger partial charge in [-0.05, 0) is 77.9 Å². The molecule has 16 atom stereocenters. The average molecular weight is 1070 g/mol. The van der Waals surface area contributed by atoms with E-state index in [0.29, 0.717) is 11.1 Å². The molecule has 25 nitrogen and oxygen atoms in total. The minimum Gasteiger partial charge on any atom is -0.508 e. The molecule has 0 aromatic heterocycles. The predicted molar refractivity (Wildman–Crippen MR) is 253 cm³/mol. The molecule has 4 aliphatic heterocycles. The number of allylic oxidation sites excluding steroid dienone is 2. The van der Waals surface area contributed by atoms with E-state index < -0.39 is 147 Å². The molecule has 3 saturated heterocycles. The molecule has 0 saturated carbocycles. The smallest absolute Gasteiger partial charge is 0.330 e. The van der Waals surface area contributed by atoms with Gasteiger partial charge in [-0.3, -0.25) is 0 Å². The monoisotopic (exact) mass is 1070 g/mol. The van der Waals surface area contributed by atoms with E-state index in [1.807, 2.05) is 0 Å². The fourth-order valence-electron chi connectivity index (χ4n) is 8.31. The van der Waals surface area contributed by atoms with Gasteiger partial charge in [-0.25, -0.2) is 9.59 Å². The second-order valence-electron chi connectivity index (χ2n) is 17.8. The normalized spacial score (nSPS) is 32.6. The summed E-state index contributed by atoms with van der Waals surface area (Å²) < 4.78 is 52.8. The molecule has 1 unspecified atom stereocenters. The third-order valence-corrected chi connectivity index (χ3v) is 12.5. The van der Waals surface area contributed by atoms with Crippen LogP contribution in [-0.2, 0) is 52.2 Å². The zero-order valence-corrected chi connectivity index (χ0v) is 39.5. The van der Waals surface area contributed by atoms with E-state index in [-0.39, 0.29) is 39.9 Å². The van der Waals surface area contributed by atoms with E-state index in [4.69, 9.17) is 42.6 Å². The van der Waals surface area contributed by atoms with Gasteiger partial charge in [0.2, 0.25) is 12.6 Å². The fourth-order valence-corrected chi connectivity index (χ4v) is 8.31. The average Bonchev–Trinajstić information content (AvgIpc) is 3.41. The van der Waals surface area contributed by atoms with E-state index in [0.717, 1.165) is 24.3 Å². The van der Waals surface area contributed by atoms with Crippen LogP contribution >= 0.6 is 0 Å². The Morgan fingerprint density at radius 1 is 0.553 bits per heavy atom. The van der Waals surface area contributed by atoms with Crippen LogP contribution < -0.4 is 0 Å². The Hall–Kier alpha value is -7.08. The number of carbonyl (C=O) groups excluding carboxylic acids is 2. The number of ether oxygens (including phenoxy) is 9. The number of hydrogen-bond acceptors (Lipinski definition) is 25. The number of aliphatic hydroxyl groups is 10. The largest absolute Gasteiger partial charge is 0.508 e. The number of hydrogen-bond donors (Lipinski definition) is 14. The van der Waals surface area contributed by atoms with Gasteiger partial charge < -0.3 is 114 Å². The molecule has 5 aliphatic rings. The van der Waals surface area contributed by atoms with Crippen molar-refractivity contribution in [2.45, 2.75) is 98.2 Å². The van der Waals surface area contributed by atoms with E-state index in [1.54, 1.807) is 0 Å². The van der Waals surface area contributed by atoms with Gasteiger partial charge in [0.05, 0.1) is 6.61 Å². The lowest BCUT2D eigenvalue weighted by Crippen LogP contribution is -2.64. The quantitative estimate of drug-likeness (QED) is 0.0456. The first-order valence-electron chi connectivity index (χ1n) is 23.3. The highest BCUT2D eigenvalue weighted by Crippen LogP contribution is 2.41. The van der Waals surface area contributed by atoms with E-state index in [1.165, 1.54) is 85.0 Å². The van der Waals surface area contributed by atoms with Crippen LogP contribution in [0.15, 0.2) is 120 Å². The highest BCUT2D eigenvalue weighted by atomic mass is 16.8. The summed E-state index contributed by atoms with van der Waals surface area (Å²) >= 11 is 0. The molecular formula is C51H54O25. The van der Waals surface area contributed by atoms with Crippen LogP contribution in [0.2, 0.25) is 0 Å². The van der Waals surface area contributed by atoms with Gasteiger partial charge in [0.1, 0.15) is 109 Å². The molecule has 14 N–H and O–H groups in total. The van der Waals surface area contributed by atoms with Crippen LogP contribution in [0.25, 0.3) is 17.9 Å². The van der Waals surface area contributed by atoms with Gasteiger partial charge >= 0.3 is 11.9 Å². The van der Waals surface area contributed by atoms with Gasteiger partial charge in [0.15, 0.2) is 35.4 Å². The first kappa shape index (κ1) is 55.2. The van der Waals surface area contributed by atoms with Gasteiger partial charge in [-0.15, -0.1) is 0 Å². The van der Waals surface area contributed by atoms with Crippen molar-refractivity contribution in [3.63, 3.8) is 0 Å². The molecule has 3 fully saturated rings. The SMILES string of the molecule is O=C(/C=C/c1ccc(O)c(O)c1)OC[C@H]1O[C@@H](O[C@H]2[C@H](OC3=C(c4ccc(O)cc4)OC4C=C(O)C=C(O[C@@H]5O[C@H](CO)[C@@H](O)[C@H](O)[C@H]5O)C4=C3)O[C@H](COC(=O)/C=C/c3ccc(O)cc3)[C@@H](O)[C@@H]2O)[C@H](O)[C@@H](O)[C@@H]1O. The summed E-state index contributed by atoms with van der Waals surface area (Å²) in [4.78, 5) is 25.6. The number of aromatic hydroxyl groups is 4. The minimum absolute atomic E-state index is 0.0173. The summed E-state index contributed by atoms with van der Waals surface area (Å²) in [6.07, 6.45) is -21.2. The summed E-state index contributed by atoms with van der Waals surface area (Å²) in [5.41, 5.74) is 1.02. The van der Waals surface area contributed by atoms with Crippen molar-refractivity contribution >= 4 is 29.8 Å². The van der Waals surface area contributed by atoms with Crippen LogP contribution in [0.4, 0.5) is 0 Å². The standard InChI is InChI=1S/C51H54O25/c52-19-34-39(60)42(63)45(66)49(73-34)71-32-17-27(55)16-31-28(32)18-33(47(70-31)24-6-10-26(54)11-7-24)72-51-48(44(65)41(62)36(75-51)21-69-37(58)13-4-22-1-8-25(53)9-2-22)76-50-46(67)43(64)40(61)35(74-50)20-68-38(59)14-5-23-3-12-29(56)30(57)15-23/h1-18,31,34-36,39-46,48-57,60-67H,19-21H2/b13-4+,14-5+/t31?,34-,35-,36-,39-,40-,41-,42+,43+,44+,45-,46-,48-,49-,50+,51-/m1/s1. The number of phenolic OH excluding ortho intramolecular Hbond substituents is 4. The lowest BCUT2D eigenvalue weighted by Gasteiger charge is -2.46. The van der Waals surface area contributed by atoms with Crippen molar-refractivity contribution in [2.24, 2.45) is 0 Å². The summed E-state index contributed by atoms with van der Waals surface area (Å²) in [5.74, 6) is -4.15. The summed E-state index contributed by atoms with van der Waals surface area (Å²) in [6, 6.07) is 14.9. The summed E-state index contributed by atoms with van der Waals surface area (Å²) in [6.45, 7) is -2.32. The number of benzene rings is 3. The van der Waals surface area contributed by atoms with Gasteiger partial charge in [-0.2, -0.15) is 0 Å². The number of phenols is 4. The number of fused-ring (bicyclic) bond motifs is 1. The Balaban J connectivity index is 1.09. The van der Waals surface area contributed by atoms with E-state index in [9.17, 15) is 81.1 Å². The third-order valence-electron chi connectivity index (χ3n) is 12.5. The summed E-state index contributed by atoms with van der Waals surface area (Å²) in [7, 11) is 0. The third kappa shape index (κ3) is 12.6. The molecule has 4 heterocycles. The van der Waals surface area contributed by atoms with E-state index in [2.05, 4.69) is 0 Å². The maximum Gasteiger partial charge on any atom is 0.330 e. The van der Waals surface area contributed by atoms with Crippen LogP contribution in [0.1, 0.15) is 16.7 Å². The topological polar surface area (TPSA) is 400 Å². The second-order valence-corrected chi connectivity index (χ2v) is 17.8. The zero-order valence-electron chi connectivity index (χ0n) is 39.5. The molecule has 0 bridgehead atoms. The number of esters is 2. The lowest BCUT2D eigenvalue weighted by molar-refractivity contribution is -0.363. The molecule has 3 aromatic rings. The minimum atomic E-state index is -2.12. The molecule has 0 spiro atoms. The van der Waals surface area contributed by atoms with Gasteiger partial charge in [0, 0.05) is 35.4 Å². The van der Waals surface area contributed by atoms with Crippen LogP contribution in [0.5, 0.6) is 23.0 Å². The van der Waals surface area contributed by atoms with Crippen molar-refractivity contribution < 1.29 is 124 Å². The molecule has 3 aromatic carbocycles. The van der Waals surface area contributed by atoms with Crippen LogP contribution in [0.3, 0.4) is 0 Å². The Labute approximate surface area is 430 Å². The first-order valence-corrected chi connectivity index (χ1v) is 23.3. The zero-order chi connectivity index (χ0) is 54.5. The van der Waals surface area contributed by atoms with Gasteiger partial charge in [0.25, 0.3) is 0 Å². The Bertz CT molecular complexity index is 2730. The summed E-state index contributed by atoms with van der Waals surface area (Å²) in [5, 5.41) is 148. The highest BCUT2D eigenvalue weighted by molar-refractivity contribution is 5.87. The van der Waals surface area contributed by atoms with Crippen LogP contribution in [0, 0.1) is 0 Å². The van der Waals surface area contributed by atoms with Crippen molar-refractivity contribution in [2.75, 3.05) is 19.8 Å². The van der Waals surface area contributed by atoms with Crippen molar-refractivity contribution in [1.29, 1.82) is 0 Å². The Kier molecular flexibility index (Phi) is 17.3. The molecule has 0 amide bonds. The molecular weight excluding hydrogens is 1010 g/mol. The first-order chi connectivity index (χ1) is 36.3. The van der Waals surface area contributed by atoms with Crippen molar-refractivity contribution in [1.82, 2.24) is 0 Å².